The summed E-state index contributed by atoms with van der Waals surface area (Å²) in [5.74, 6) is -0.0713. The molecule has 0 aliphatic heterocycles. The van der Waals surface area contributed by atoms with Crippen LogP contribution in [-0.4, -0.2) is 34.9 Å². The normalized spacial score (nSPS) is 13.2. The van der Waals surface area contributed by atoms with E-state index in [4.69, 9.17) is 0 Å². The predicted octanol–water partition coefficient (Wildman–Crippen LogP) is 12.8. The van der Waals surface area contributed by atoms with Crippen LogP contribution in [0, 0.1) is 0 Å². The molecule has 0 spiro atoms. The highest BCUT2D eigenvalue weighted by atomic mass is 16.3. The van der Waals surface area contributed by atoms with Crippen molar-refractivity contribution in [3.05, 3.63) is 24.3 Å². The molecule has 3 N–H and O–H groups in total. The van der Waals surface area contributed by atoms with E-state index in [2.05, 4.69) is 31.3 Å². The molecule has 0 bridgehead atoms. The van der Waals surface area contributed by atoms with Gasteiger partial charge in [-0.2, -0.15) is 0 Å². The molecule has 2 unspecified atom stereocenters. The van der Waals surface area contributed by atoms with Crippen molar-refractivity contribution < 1.29 is 15.0 Å². The minimum atomic E-state index is -0.839. The summed E-state index contributed by atoms with van der Waals surface area (Å²) >= 11 is 0. The molecule has 0 aliphatic carbocycles. The Balaban J connectivity index is 3.58. The first kappa shape index (κ1) is 45.9. The number of carbonyl (C=O) groups excluding carboxylic acids is 1. The number of amides is 1. The average molecular weight is 662 g/mol. The Hall–Kier alpha value is -1.13. The predicted molar refractivity (Wildman–Crippen MR) is 207 cm³/mol. The van der Waals surface area contributed by atoms with Gasteiger partial charge in [-0.1, -0.05) is 199 Å². The van der Waals surface area contributed by atoms with Gasteiger partial charge in [0.15, 0.2) is 0 Å². The highest BCUT2D eigenvalue weighted by Crippen LogP contribution is 2.15. The van der Waals surface area contributed by atoms with Crippen molar-refractivity contribution >= 4 is 5.91 Å². The molecule has 0 aromatic carbocycles. The number of nitrogens with one attached hydrogen (secondary N) is 1. The zero-order valence-electron chi connectivity index (χ0n) is 31.8. The number of hydrogen-bond acceptors (Lipinski definition) is 3. The van der Waals surface area contributed by atoms with E-state index in [1.165, 1.54) is 173 Å². The Kier molecular flexibility index (Phi) is 38.4. The fourth-order valence-electron chi connectivity index (χ4n) is 6.41. The van der Waals surface area contributed by atoms with E-state index >= 15 is 0 Å². The van der Waals surface area contributed by atoms with Gasteiger partial charge in [0.05, 0.1) is 18.8 Å². The first-order chi connectivity index (χ1) is 23.2. The van der Waals surface area contributed by atoms with Crippen LogP contribution in [0.4, 0.5) is 0 Å². The zero-order valence-corrected chi connectivity index (χ0v) is 31.8. The van der Waals surface area contributed by atoms with E-state index in [0.29, 0.717) is 6.42 Å². The molecule has 0 aromatic rings. The van der Waals surface area contributed by atoms with Crippen molar-refractivity contribution in [2.75, 3.05) is 6.61 Å². The fourth-order valence-corrected chi connectivity index (χ4v) is 6.41. The minimum absolute atomic E-state index is 0.0713. The van der Waals surface area contributed by atoms with Gasteiger partial charge in [0.1, 0.15) is 0 Å². The highest BCUT2D eigenvalue weighted by Gasteiger charge is 2.17. The summed E-state index contributed by atoms with van der Waals surface area (Å²) in [6, 6.07) is -0.623. The third-order valence-electron chi connectivity index (χ3n) is 9.68. The smallest absolute Gasteiger partial charge is 0.220 e. The molecular weight excluding hydrogens is 578 g/mol. The molecule has 0 aliphatic rings. The monoisotopic (exact) mass is 662 g/mol. The van der Waals surface area contributed by atoms with E-state index in [-0.39, 0.29) is 12.5 Å². The summed E-state index contributed by atoms with van der Waals surface area (Å²) in [5, 5.41) is 23.0. The molecule has 1 amide bonds. The van der Waals surface area contributed by atoms with Gasteiger partial charge < -0.3 is 15.5 Å². The first-order valence-electron chi connectivity index (χ1n) is 21.1. The van der Waals surface area contributed by atoms with Gasteiger partial charge in [-0.15, -0.1) is 0 Å². The number of carbonyl (C=O) groups is 1. The quantitative estimate of drug-likeness (QED) is 0.0455. The van der Waals surface area contributed by atoms with Crippen molar-refractivity contribution in [2.45, 2.75) is 238 Å². The maximum atomic E-state index is 12.3. The number of hydrogen-bond donors (Lipinski definition) is 3. The van der Waals surface area contributed by atoms with Crippen molar-refractivity contribution in [3.63, 3.8) is 0 Å². The standard InChI is InChI=1S/C43H83NO3/c1-3-5-7-9-11-13-15-17-19-21-22-23-24-26-28-30-32-34-36-38-42(46)41(40-45)44-43(47)39-37-35-33-31-29-27-25-20-18-16-14-12-10-8-6-4-2/h20,25,36,38,41-42,45-46H,3-19,21-24,26-35,37,39-40H2,1-2H3,(H,44,47)/b25-20-,38-36+. The average Bonchev–Trinajstić information content (AvgIpc) is 3.07. The molecule has 4 nitrogen and oxygen atoms in total. The summed E-state index contributed by atoms with van der Waals surface area (Å²) < 4.78 is 0. The van der Waals surface area contributed by atoms with Gasteiger partial charge in [0.25, 0.3) is 0 Å². The van der Waals surface area contributed by atoms with Gasteiger partial charge in [-0.05, 0) is 44.9 Å². The molecule has 0 saturated heterocycles. The van der Waals surface area contributed by atoms with Crippen LogP contribution >= 0.6 is 0 Å². The Bertz CT molecular complexity index is 676. The van der Waals surface area contributed by atoms with Crippen LogP contribution in [0.3, 0.4) is 0 Å². The third kappa shape index (κ3) is 36.0. The van der Waals surface area contributed by atoms with Crippen LogP contribution < -0.4 is 5.32 Å². The second kappa shape index (κ2) is 39.3. The molecular formula is C43H83NO3. The lowest BCUT2D eigenvalue weighted by atomic mass is 10.0. The number of aliphatic hydroxyl groups excluding tert-OH is 2. The largest absolute Gasteiger partial charge is 0.394 e. The summed E-state index contributed by atoms with van der Waals surface area (Å²) in [5.41, 5.74) is 0. The topological polar surface area (TPSA) is 69.6 Å². The number of allylic oxidation sites excluding steroid dienone is 3. The van der Waals surface area contributed by atoms with E-state index in [1.807, 2.05) is 6.08 Å². The maximum Gasteiger partial charge on any atom is 0.220 e. The van der Waals surface area contributed by atoms with Crippen molar-refractivity contribution in [3.8, 4) is 0 Å². The van der Waals surface area contributed by atoms with Crippen molar-refractivity contribution in [1.29, 1.82) is 0 Å². The van der Waals surface area contributed by atoms with Gasteiger partial charge in [-0.25, -0.2) is 0 Å². The first-order valence-corrected chi connectivity index (χ1v) is 21.1. The highest BCUT2D eigenvalue weighted by molar-refractivity contribution is 5.76. The van der Waals surface area contributed by atoms with Gasteiger partial charge in [0.2, 0.25) is 5.91 Å². The molecule has 4 heteroatoms. The molecule has 0 heterocycles. The lowest BCUT2D eigenvalue weighted by Crippen LogP contribution is -2.45. The lowest BCUT2D eigenvalue weighted by molar-refractivity contribution is -0.123. The molecule has 0 aromatic heterocycles. The Morgan fingerprint density at radius 2 is 0.809 bits per heavy atom. The number of rotatable bonds is 38. The SMILES string of the molecule is CCCCCCCCC/C=C\CCCCCCCC(=O)NC(CO)C(O)/C=C/CCCCCCCCCCCCCCCCCCC. The van der Waals surface area contributed by atoms with Gasteiger partial charge in [0, 0.05) is 6.42 Å². The van der Waals surface area contributed by atoms with Gasteiger partial charge in [-0.3, -0.25) is 4.79 Å². The van der Waals surface area contributed by atoms with E-state index in [0.717, 1.165) is 32.1 Å². The van der Waals surface area contributed by atoms with Crippen LogP contribution in [0.2, 0.25) is 0 Å². The van der Waals surface area contributed by atoms with Crippen LogP contribution in [-0.2, 0) is 4.79 Å². The summed E-state index contributed by atoms with van der Waals surface area (Å²) in [7, 11) is 0. The molecule has 0 fully saturated rings. The molecule has 0 saturated carbocycles. The summed E-state index contributed by atoms with van der Waals surface area (Å²) in [6.07, 6.45) is 49.9. The van der Waals surface area contributed by atoms with Crippen LogP contribution in [0.1, 0.15) is 226 Å². The van der Waals surface area contributed by atoms with Gasteiger partial charge >= 0.3 is 0 Å². The van der Waals surface area contributed by atoms with Crippen molar-refractivity contribution in [2.24, 2.45) is 0 Å². The second-order valence-electron chi connectivity index (χ2n) is 14.4. The zero-order chi connectivity index (χ0) is 34.3. The minimum Gasteiger partial charge on any atom is -0.394 e. The van der Waals surface area contributed by atoms with E-state index < -0.39 is 12.1 Å². The number of aliphatic hydroxyl groups is 2. The second-order valence-corrected chi connectivity index (χ2v) is 14.4. The van der Waals surface area contributed by atoms with Crippen LogP contribution in [0.15, 0.2) is 24.3 Å². The molecule has 2 atom stereocenters. The molecule has 278 valence electrons. The molecule has 47 heavy (non-hydrogen) atoms. The van der Waals surface area contributed by atoms with E-state index in [9.17, 15) is 15.0 Å². The lowest BCUT2D eigenvalue weighted by Gasteiger charge is -2.20. The van der Waals surface area contributed by atoms with Crippen LogP contribution in [0.25, 0.3) is 0 Å². The fraction of sp³-hybridized carbons (Fsp3) is 0.884. The Morgan fingerprint density at radius 1 is 0.489 bits per heavy atom. The number of unbranched alkanes of at least 4 members (excludes halogenated alkanes) is 29. The summed E-state index contributed by atoms with van der Waals surface area (Å²) in [6.45, 7) is 4.31. The van der Waals surface area contributed by atoms with Crippen LogP contribution in [0.5, 0.6) is 0 Å². The molecule has 0 radical (unpaired) electrons. The van der Waals surface area contributed by atoms with E-state index in [1.54, 1.807) is 6.08 Å². The maximum absolute atomic E-state index is 12.3. The third-order valence-corrected chi connectivity index (χ3v) is 9.68. The summed E-state index contributed by atoms with van der Waals surface area (Å²) in [4.78, 5) is 12.3. The Morgan fingerprint density at radius 3 is 1.17 bits per heavy atom. The molecule has 0 rings (SSSR count). The van der Waals surface area contributed by atoms with Crippen molar-refractivity contribution in [1.82, 2.24) is 5.32 Å². The Labute approximate surface area is 294 Å².